The Bertz CT molecular complexity index is 724. The number of benzene rings is 2. The van der Waals surface area contributed by atoms with Gasteiger partial charge in [-0.3, -0.25) is 4.79 Å². The van der Waals surface area contributed by atoms with Gasteiger partial charge in [0.1, 0.15) is 5.75 Å². The van der Waals surface area contributed by atoms with Gasteiger partial charge in [-0.15, -0.1) is 0 Å². The minimum atomic E-state index is -1.30. The van der Waals surface area contributed by atoms with Crippen LogP contribution in [0.1, 0.15) is 29.8 Å². The lowest BCUT2D eigenvalue weighted by molar-refractivity contribution is -0.152. The number of carboxylic acids is 1. The summed E-state index contributed by atoms with van der Waals surface area (Å²) in [5.41, 5.74) is 0.102. The van der Waals surface area contributed by atoms with Crippen LogP contribution in [0.15, 0.2) is 48.5 Å². The predicted molar refractivity (Wildman–Crippen MR) is 91.4 cm³/mol. The summed E-state index contributed by atoms with van der Waals surface area (Å²) in [6.45, 7) is 3.31. The number of ether oxygens (including phenoxy) is 1. The van der Waals surface area contributed by atoms with Gasteiger partial charge < -0.3 is 15.2 Å². The molecular formula is C18H18ClNO4. The molecule has 2 N–H and O–H groups in total. The Hall–Kier alpha value is -2.53. The van der Waals surface area contributed by atoms with E-state index in [0.717, 1.165) is 5.56 Å². The number of hydrogen-bond donors (Lipinski definition) is 2. The molecule has 0 saturated heterocycles. The van der Waals surface area contributed by atoms with E-state index in [1.54, 1.807) is 48.5 Å². The van der Waals surface area contributed by atoms with Crippen molar-refractivity contribution in [3.8, 4) is 5.75 Å². The molecule has 0 radical (unpaired) electrons. The maximum atomic E-state index is 12.0. The molecule has 0 bridgehead atoms. The lowest BCUT2D eigenvalue weighted by Gasteiger charge is -2.21. The monoisotopic (exact) mass is 347 g/mol. The van der Waals surface area contributed by atoms with Crippen molar-refractivity contribution in [2.24, 2.45) is 0 Å². The third-order valence-corrected chi connectivity index (χ3v) is 3.62. The van der Waals surface area contributed by atoms with Crippen LogP contribution >= 0.6 is 11.6 Å². The molecule has 0 fully saturated rings. The molecule has 1 amide bonds. The highest BCUT2D eigenvalue weighted by Crippen LogP contribution is 2.19. The van der Waals surface area contributed by atoms with E-state index in [1.165, 1.54) is 13.8 Å². The number of rotatable bonds is 6. The molecule has 126 valence electrons. The molecule has 0 heterocycles. The van der Waals surface area contributed by atoms with E-state index in [0.29, 0.717) is 22.9 Å². The first-order valence-electron chi connectivity index (χ1n) is 7.33. The van der Waals surface area contributed by atoms with Crippen LogP contribution in [0.2, 0.25) is 5.02 Å². The summed E-state index contributed by atoms with van der Waals surface area (Å²) in [5.74, 6) is -0.781. The Balaban J connectivity index is 1.93. The average molecular weight is 348 g/mol. The van der Waals surface area contributed by atoms with Gasteiger partial charge in [0.25, 0.3) is 5.91 Å². The topological polar surface area (TPSA) is 75.6 Å². The second-order valence-corrected chi connectivity index (χ2v) is 6.19. The molecule has 0 unspecified atom stereocenters. The van der Waals surface area contributed by atoms with Crippen molar-refractivity contribution < 1.29 is 19.4 Å². The average Bonchev–Trinajstić information content (AvgIpc) is 2.54. The van der Waals surface area contributed by atoms with Crippen molar-refractivity contribution in [3.05, 3.63) is 64.7 Å². The molecule has 0 aliphatic carbocycles. The number of carboxylic acid groups (broad SMARTS) is 1. The molecule has 0 atom stereocenters. The van der Waals surface area contributed by atoms with Crippen LogP contribution in [0.3, 0.4) is 0 Å². The third kappa shape index (κ3) is 4.73. The van der Waals surface area contributed by atoms with Gasteiger partial charge in [0.15, 0.2) is 5.60 Å². The highest BCUT2D eigenvalue weighted by molar-refractivity contribution is 6.30. The number of carbonyl (C=O) groups excluding carboxylic acids is 1. The summed E-state index contributed by atoms with van der Waals surface area (Å²) in [6.07, 6.45) is 0. The molecule has 2 rings (SSSR count). The summed E-state index contributed by atoms with van der Waals surface area (Å²) in [4.78, 5) is 23.1. The summed E-state index contributed by atoms with van der Waals surface area (Å²) in [5, 5.41) is 12.4. The second-order valence-electron chi connectivity index (χ2n) is 5.75. The zero-order chi connectivity index (χ0) is 17.7. The fourth-order valence-electron chi connectivity index (χ4n) is 1.90. The first-order valence-corrected chi connectivity index (χ1v) is 7.71. The van der Waals surface area contributed by atoms with E-state index < -0.39 is 11.6 Å². The van der Waals surface area contributed by atoms with Crippen LogP contribution in [0, 0.1) is 0 Å². The van der Waals surface area contributed by atoms with Crippen LogP contribution in [0.5, 0.6) is 5.75 Å². The Morgan fingerprint density at radius 2 is 1.67 bits per heavy atom. The SMILES string of the molecule is CC(C)(Oc1ccc(CNC(=O)c2ccc(Cl)cc2)cc1)C(=O)O. The lowest BCUT2D eigenvalue weighted by Crippen LogP contribution is -2.37. The van der Waals surface area contributed by atoms with Crippen molar-refractivity contribution in [1.82, 2.24) is 5.32 Å². The zero-order valence-corrected chi connectivity index (χ0v) is 14.1. The van der Waals surface area contributed by atoms with E-state index in [2.05, 4.69) is 5.32 Å². The summed E-state index contributed by atoms with van der Waals surface area (Å²) in [6, 6.07) is 13.5. The molecule has 2 aromatic carbocycles. The smallest absolute Gasteiger partial charge is 0.347 e. The normalized spacial score (nSPS) is 11.0. The first kappa shape index (κ1) is 17.8. The Labute approximate surface area is 145 Å². The van der Waals surface area contributed by atoms with Gasteiger partial charge in [-0.1, -0.05) is 23.7 Å². The third-order valence-electron chi connectivity index (χ3n) is 3.37. The molecule has 5 nitrogen and oxygen atoms in total. The van der Waals surface area contributed by atoms with E-state index >= 15 is 0 Å². The van der Waals surface area contributed by atoms with Gasteiger partial charge in [-0.2, -0.15) is 0 Å². The minimum absolute atomic E-state index is 0.195. The molecule has 0 saturated carbocycles. The predicted octanol–water partition coefficient (Wildman–Crippen LogP) is 3.51. The van der Waals surface area contributed by atoms with Crippen LogP contribution in [0.25, 0.3) is 0 Å². The number of carbonyl (C=O) groups is 2. The number of nitrogens with one attached hydrogen (secondary N) is 1. The van der Waals surface area contributed by atoms with Crippen LogP contribution < -0.4 is 10.1 Å². The Morgan fingerprint density at radius 1 is 1.08 bits per heavy atom. The van der Waals surface area contributed by atoms with E-state index in [4.69, 9.17) is 21.4 Å². The van der Waals surface area contributed by atoms with Gasteiger partial charge in [0.2, 0.25) is 0 Å². The Kier molecular flexibility index (Phi) is 5.46. The standard InChI is InChI=1S/C18H18ClNO4/c1-18(2,17(22)23)24-15-9-3-12(4-10-15)11-20-16(21)13-5-7-14(19)8-6-13/h3-10H,11H2,1-2H3,(H,20,21)(H,22,23). The largest absolute Gasteiger partial charge is 0.478 e. The lowest BCUT2D eigenvalue weighted by atomic mass is 10.1. The fraction of sp³-hybridized carbons (Fsp3) is 0.222. The van der Waals surface area contributed by atoms with Crippen molar-refractivity contribution in [2.45, 2.75) is 26.0 Å². The van der Waals surface area contributed by atoms with Crippen molar-refractivity contribution >= 4 is 23.5 Å². The van der Waals surface area contributed by atoms with Crippen LogP contribution in [0.4, 0.5) is 0 Å². The number of halogens is 1. The maximum Gasteiger partial charge on any atom is 0.347 e. The first-order chi connectivity index (χ1) is 11.3. The molecule has 0 aliphatic heterocycles. The van der Waals surface area contributed by atoms with E-state index in [9.17, 15) is 9.59 Å². The summed E-state index contributed by atoms with van der Waals surface area (Å²) in [7, 11) is 0. The van der Waals surface area contributed by atoms with Gasteiger partial charge in [0, 0.05) is 17.1 Å². The van der Waals surface area contributed by atoms with Crippen molar-refractivity contribution in [1.29, 1.82) is 0 Å². The van der Waals surface area contributed by atoms with E-state index in [1.807, 2.05) is 0 Å². The van der Waals surface area contributed by atoms with Gasteiger partial charge in [-0.05, 0) is 55.8 Å². The zero-order valence-electron chi connectivity index (χ0n) is 13.4. The molecule has 0 spiro atoms. The minimum Gasteiger partial charge on any atom is -0.478 e. The molecule has 6 heteroatoms. The number of aliphatic carboxylic acids is 1. The summed E-state index contributed by atoms with van der Waals surface area (Å²) >= 11 is 5.79. The van der Waals surface area contributed by atoms with Gasteiger partial charge >= 0.3 is 5.97 Å². The molecule has 24 heavy (non-hydrogen) atoms. The Morgan fingerprint density at radius 3 is 2.21 bits per heavy atom. The molecule has 0 aromatic heterocycles. The second kappa shape index (κ2) is 7.36. The highest BCUT2D eigenvalue weighted by atomic mass is 35.5. The highest BCUT2D eigenvalue weighted by Gasteiger charge is 2.29. The number of amides is 1. The molecular weight excluding hydrogens is 330 g/mol. The van der Waals surface area contributed by atoms with Crippen molar-refractivity contribution in [3.63, 3.8) is 0 Å². The van der Waals surface area contributed by atoms with Crippen molar-refractivity contribution in [2.75, 3.05) is 0 Å². The number of hydrogen-bond acceptors (Lipinski definition) is 3. The summed E-state index contributed by atoms with van der Waals surface area (Å²) < 4.78 is 5.42. The fourth-order valence-corrected chi connectivity index (χ4v) is 2.03. The van der Waals surface area contributed by atoms with Gasteiger partial charge in [-0.25, -0.2) is 4.79 Å². The quantitative estimate of drug-likeness (QED) is 0.838. The van der Waals surface area contributed by atoms with Crippen LogP contribution in [-0.2, 0) is 11.3 Å². The van der Waals surface area contributed by atoms with Crippen LogP contribution in [-0.4, -0.2) is 22.6 Å². The molecule has 2 aromatic rings. The molecule has 0 aliphatic rings. The van der Waals surface area contributed by atoms with E-state index in [-0.39, 0.29) is 5.91 Å². The maximum absolute atomic E-state index is 12.0. The van der Waals surface area contributed by atoms with Gasteiger partial charge in [0.05, 0.1) is 0 Å².